The molecular weight excluding hydrogens is 212 g/mol. The molecule has 1 heterocycles. The van der Waals surface area contributed by atoms with Crippen molar-refractivity contribution in [2.75, 3.05) is 13.2 Å². The zero-order chi connectivity index (χ0) is 11.3. The van der Waals surface area contributed by atoms with Gasteiger partial charge in [-0.15, -0.1) is 0 Å². The molecule has 0 aliphatic heterocycles. The van der Waals surface area contributed by atoms with Gasteiger partial charge in [-0.05, 0) is 25.5 Å². The summed E-state index contributed by atoms with van der Waals surface area (Å²) in [6.07, 6.45) is 3.38. The summed E-state index contributed by atoms with van der Waals surface area (Å²) in [5, 5.41) is 9.63. The Morgan fingerprint density at radius 2 is 2.27 bits per heavy atom. The first-order valence-corrected chi connectivity index (χ1v) is 5.46. The molecule has 84 valence electrons. The van der Waals surface area contributed by atoms with Gasteiger partial charge in [0, 0.05) is 31.5 Å². The Labute approximate surface area is 95.7 Å². The molecule has 1 aromatic rings. The van der Waals surface area contributed by atoms with E-state index < -0.39 is 0 Å². The van der Waals surface area contributed by atoms with E-state index in [2.05, 4.69) is 23.7 Å². The smallest absolute Gasteiger partial charge is 0.0634 e. The highest BCUT2D eigenvalue weighted by atomic mass is 35.5. The molecule has 0 atom stereocenters. The summed E-state index contributed by atoms with van der Waals surface area (Å²) in [5.74, 6) is 0. The van der Waals surface area contributed by atoms with Crippen molar-refractivity contribution < 1.29 is 5.11 Å². The van der Waals surface area contributed by atoms with Crippen LogP contribution in [-0.2, 0) is 6.54 Å². The number of nitrogens with zero attached hydrogens (tertiary/aromatic N) is 2. The Bertz CT molecular complexity index is 304. The third-order valence-electron chi connectivity index (χ3n) is 2.35. The first-order valence-electron chi connectivity index (χ1n) is 5.08. The van der Waals surface area contributed by atoms with Crippen molar-refractivity contribution in [1.29, 1.82) is 0 Å². The van der Waals surface area contributed by atoms with E-state index >= 15 is 0 Å². The Morgan fingerprint density at radius 1 is 1.53 bits per heavy atom. The van der Waals surface area contributed by atoms with E-state index in [-0.39, 0.29) is 6.61 Å². The van der Waals surface area contributed by atoms with Crippen LogP contribution in [0.5, 0.6) is 0 Å². The molecule has 3 nitrogen and oxygen atoms in total. The summed E-state index contributed by atoms with van der Waals surface area (Å²) < 4.78 is 0. The van der Waals surface area contributed by atoms with Gasteiger partial charge in [0.25, 0.3) is 0 Å². The van der Waals surface area contributed by atoms with E-state index in [0.717, 1.165) is 12.1 Å². The highest BCUT2D eigenvalue weighted by molar-refractivity contribution is 6.31. The maximum atomic E-state index is 8.95. The number of hydrogen-bond donors (Lipinski definition) is 1. The second kappa shape index (κ2) is 6.05. The van der Waals surface area contributed by atoms with Gasteiger partial charge in [-0.25, -0.2) is 0 Å². The standard InChI is InChI=1S/C11H17ClN2O/c1-9(2)14(5-6-15)8-10-3-4-13-7-11(10)12/h3-4,7,9,15H,5-6,8H2,1-2H3. The van der Waals surface area contributed by atoms with E-state index in [9.17, 15) is 0 Å². The van der Waals surface area contributed by atoms with Crippen molar-refractivity contribution >= 4 is 11.6 Å². The molecule has 0 unspecified atom stereocenters. The number of halogens is 1. The molecule has 0 spiro atoms. The van der Waals surface area contributed by atoms with E-state index in [1.165, 1.54) is 0 Å². The predicted molar refractivity (Wildman–Crippen MR) is 61.9 cm³/mol. The lowest BCUT2D eigenvalue weighted by Gasteiger charge is -2.25. The molecule has 15 heavy (non-hydrogen) atoms. The van der Waals surface area contributed by atoms with Crippen molar-refractivity contribution in [2.24, 2.45) is 0 Å². The van der Waals surface area contributed by atoms with Crippen LogP contribution in [0.3, 0.4) is 0 Å². The second-order valence-corrected chi connectivity index (χ2v) is 4.16. The molecule has 1 aromatic heterocycles. The van der Waals surface area contributed by atoms with Gasteiger partial charge in [-0.3, -0.25) is 9.88 Å². The minimum absolute atomic E-state index is 0.168. The monoisotopic (exact) mass is 228 g/mol. The van der Waals surface area contributed by atoms with Crippen molar-refractivity contribution in [2.45, 2.75) is 26.4 Å². The van der Waals surface area contributed by atoms with Crippen LogP contribution < -0.4 is 0 Å². The van der Waals surface area contributed by atoms with Gasteiger partial charge in [0.2, 0.25) is 0 Å². The SMILES string of the molecule is CC(C)N(CCO)Cc1ccncc1Cl. The van der Waals surface area contributed by atoms with Crippen LogP contribution in [0.25, 0.3) is 0 Å². The lowest BCUT2D eigenvalue weighted by Crippen LogP contribution is -2.33. The topological polar surface area (TPSA) is 36.4 Å². The highest BCUT2D eigenvalue weighted by Crippen LogP contribution is 2.16. The number of aliphatic hydroxyl groups is 1. The van der Waals surface area contributed by atoms with Gasteiger partial charge in [-0.2, -0.15) is 0 Å². The average molecular weight is 229 g/mol. The van der Waals surface area contributed by atoms with Gasteiger partial charge < -0.3 is 5.11 Å². The number of rotatable bonds is 5. The van der Waals surface area contributed by atoms with E-state index in [1.807, 2.05) is 6.07 Å². The summed E-state index contributed by atoms with van der Waals surface area (Å²) in [5.41, 5.74) is 1.05. The van der Waals surface area contributed by atoms with Gasteiger partial charge in [0.15, 0.2) is 0 Å². The average Bonchev–Trinajstić information content (AvgIpc) is 2.20. The van der Waals surface area contributed by atoms with E-state index in [1.54, 1.807) is 12.4 Å². The van der Waals surface area contributed by atoms with Crippen LogP contribution in [0.2, 0.25) is 5.02 Å². The molecule has 1 N–H and O–H groups in total. The number of aromatic nitrogens is 1. The zero-order valence-electron chi connectivity index (χ0n) is 9.15. The van der Waals surface area contributed by atoms with Crippen molar-refractivity contribution in [3.8, 4) is 0 Å². The Kier molecular flexibility index (Phi) is 5.02. The Balaban J connectivity index is 2.69. The molecule has 0 saturated heterocycles. The van der Waals surface area contributed by atoms with E-state index in [0.29, 0.717) is 17.6 Å². The maximum absolute atomic E-state index is 8.95. The van der Waals surface area contributed by atoms with Crippen molar-refractivity contribution in [3.63, 3.8) is 0 Å². The molecule has 0 aromatic carbocycles. The number of hydrogen-bond acceptors (Lipinski definition) is 3. The zero-order valence-corrected chi connectivity index (χ0v) is 9.91. The van der Waals surface area contributed by atoms with Crippen LogP contribution in [0, 0.1) is 0 Å². The highest BCUT2D eigenvalue weighted by Gasteiger charge is 2.10. The van der Waals surface area contributed by atoms with Crippen LogP contribution in [-0.4, -0.2) is 34.2 Å². The number of pyridine rings is 1. The van der Waals surface area contributed by atoms with Crippen LogP contribution in [0.1, 0.15) is 19.4 Å². The first kappa shape index (κ1) is 12.4. The van der Waals surface area contributed by atoms with Crippen LogP contribution in [0.15, 0.2) is 18.5 Å². The summed E-state index contributed by atoms with van der Waals surface area (Å²) in [6.45, 7) is 5.78. The van der Waals surface area contributed by atoms with Crippen molar-refractivity contribution in [1.82, 2.24) is 9.88 Å². The summed E-state index contributed by atoms with van der Waals surface area (Å²) in [6, 6.07) is 2.30. The predicted octanol–water partition coefficient (Wildman–Crippen LogP) is 1.94. The largest absolute Gasteiger partial charge is 0.395 e. The molecule has 0 amide bonds. The summed E-state index contributed by atoms with van der Waals surface area (Å²) in [7, 11) is 0. The molecular formula is C11H17ClN2O. The third-order valence-corrected chi connectivity index (χ3v) is 2.69. The summed E-state index contributed by atoms with van der Waals surface area (Å²) >= 11 is 6.02. The molecule has 0 saturated carbocycles. The molecule has 0 fully saturated rings. The van der Waals surface area contributed by atoms with Crippen LogP contribution >= 0.6 is 11.6 Å². The van der Waals surface area contributed by atoms with Crippen LogP contribution in [0.4, 0.5) is 0 Å². The van der Waals surface area contributed by atoms with Gasteiger partial charge >= 0.3 is 0 Å². The quantitative estimate of drug-likeness (QED) is 0.837. The fourth-order valence-corrected chi connectivity index (χ4v) is 1.58. The molecule has 4 heteroatoms. The third kappa shape index (κ3) is 3.78. The molecule has 1 rings (SSSR count). The van der Waals surface area contributed by atoms with Crippen molar-refractivity contribution in [3.05, 3.63) is 29.0 Å². The normalized spacial score (nSPS) is 11.3. The van der Waals surface area contributed by atoms with E-state index in [4.69, 9.17) is 16.7 Å². The Hall–Kier alpha value is -0.640. The molecule has 0 aliphatic rings. The lowest BCUT2D eigenvalue weighted by atomic mass is 10.2. The number of aliphatic hydroxyl groups excluding tert-OH is 1. The minimum Gasteiger partial charge on any atom is -0.395 e. The lowest BCUT2D eigenvalue weighted by molar-refractivity contribution is 0.159. The Morgan fingerprint density at radius 3 is 2.80 bits per heavy atom. The van der Waals surface area contributed by atoms with Gasteiger partial charge in [0.1, 0.15) is 0 Å². The fraction of sp³-hybridized carbons (Fsp3) is 0.545. The summed E-state index contributed by atoms with van der Waals surface area (Å²) in [4.78, 5) is 6.11. The van der Waals surface area contributed by atoms with Gasteiger partial charge in [0.05, 0.1) is 11.6 Å². The second-order valence-electron chi connectivity index (χ2n) is 3.75. The first-order chi connectivity index (χ1) is 7.15. The fourth-order valence-electron chi connectivity index (χ4n) is 1.40. The van der Waals surface area contributed by atoms with Gasteiger partial charge in [-0.1, -0.05) is 11.6 Å². The molecule has 0 bridgehead atoms. The maximum Gasteiger partial charge on any atom is 0.0634 e. The minimum atomic E-state index is 0.168. The molecule has 0 radical (unpaired) electrons. The molecule has 0 aliphatic carbocycles.